The standard InChI is InChI=1S/C10H10F3IN2O3/c1-18-8(17)3-6-9(19-10(11,12)13)5(4-15)2-7(14)16-6/h2H,3-4,15H2,1H3. The number of carbonyl (C=O) groups is 1. The maximum atomic E-state index is 12.3. The van der Waals surface area contributed by atoms with Crippen molar-refractivity contribution >= 4 is 28.6 Å². The van der Waals surface area contributed by atoms with Gasteiger partial charge in [0, 0.05) is 12.1 Å². The van der Waals surface area contributed by atoms with Crippen LogP contribution in [0.15, 0.2) is 6.07 Å². The van der Waals surface area contributed by atoms with Crippen LogP contribution in [0.2, 0.25) is 0 Å². The number of methoxy groups -OCH3 is 1. The summed E-state index contributed by atoms with van der Waals surface area (Å²) in [6.45, 7) is -0.169. The molecule has 0 aromatic carbocycles. The second-order valence-corrected chi connectivity index (χ2v) is 4.49. The number of alkyl halides is 3. The third-order valence-electron chi connectivity index (χ3n) is 2.07. The molecule has 106 valence electrons. The Morgan fingerprint density at radius 1 is 1.53 bits per heavy atom. The number of nitrogens with two attached hydrogens (primary N) is 1. The van der Waals surface area contributed by atoms with Crippen molar-refractivity contribution in [3.63, 3.8) is 0 Å². The monoisotopic (exact) mass is 390 g/mol. The number of esters is 1. The lowest BCUT2D eigenvalue weighted by Crippen LogP contribution is -2.21. The molecule has 0 aliphatic rings. The van der Waals surface area contributed by atoms with Crippen LogP contribution in [0.1, 0.15) is 11.3 Å². The predicted molar refractivity (Wildman–Crippen MR) is 67.2 cm³/mol. The first-order chi connectivity index (χ1) is 8.76. The molecular weight excluding hydrogens is 380 g/mol. The summed E-state index contributed by atoms with van der Waals surface area (Å²) in [5, 5.41) is 0. The molecule has 0 unspecified atom stereocenters. The van der Waals surface area contributed by atoms with Crippen LogP contribution in [0.5, 0.6) is 5.75 Å². The first-order valence-corrected chi connectivity index (χ1v) is 6.05. The first kappa shape index (κ1) is 16.0. The van der Waals surface area contributed by atoms with Gasteiger partial charge in [-0.1, -0.05) is 0 Å². The van der Waals surface area contributed by atoms with Gasteiger partial charge < -0.3 is 15.2 Å². The lowest BCUT2D eigenvalue weighted by molar-refractivity contribution is -0.275. The topological polar surface area (TPSA) is 74.4 Å². The Morgan fingerprint density at radius 2 is 2.16 bits per heavy atom. The molecule has 5 nitrogen and oxygen atoms in total. The zero-order chi connectivity index (χ0) is 14.6. The van der Waals surface area contributed by atoms with E-state index in [9.17, 15) is 18.0 Å². The molecule has 0 saturated carbocycles. The van der Waals surface area contributed by atoms with Crippen molar-refractivity contribution in [2.45, 2.75) is 19.3 Å². The summed E-state index contributed by atoms with van der Waals surface area (Å²) in [6, 6.07) is 1.36. The minimum atomic E-state index is -4.89. The molecular formula is C10H10F3IN2O3. The highest BCUT2D eigenvalue weighted by molar-refractivity contribution is 14.1. The van der Waals surface area contributed by atoms with Crippen LogP contribution in [0.25, 0.3) is 0 Å². The summed E-state index contributed by atoms with van der Waals surface area (Å²) in [7, 11) is 1.13. The number of pyridine rings is 1. The number of carbonyl (C=O) groups excluding carboxylic acids is 1. The third-order valence-corrected chi connectivity index (χ3v) is 2.62. The van der Waals surface area contributed by atoms with E-state index in [0.717, 1.165) is 7.11 Å². The van der Waals surface area contributed by atoms with Gasteiger partial charge in [0.2, 0.25) is 0 Å². The smallest absolute Gasteiger partial charge is 0.469 e. The van der Waals surface area contributed by atoms with Crippen LogP contribution in [0.3, 0.4) is 0 Å². The average molecular weight is 390 g/mol. The number of nitrogens with zero attached hydrogens (tertiary/aromatic N) is 1. The Balaban J connectivity index is 3.25. The maximum absolute atomic E-state index is 12.3. The van der Waals surface area contributed by atoms with Crippen LogP contribution >= 0.6 is 22.6 Å². The fourth-order valence-electron chi connectivity index (χ4n) is 1.33. The summed E-state index contributed by atoms with van der Waals surface area (Å²) in [6.07, 6.45) is -5.31. The van der Waals surface area contributed by atoms with Crippen molar-refractivity contribution in [2.75, 3.05) is 7.11 Å². The van der Waals surface area contributed by atoms with E-state index >= 15 is 0 Å². The van der Waals surface area contributed by atoms with Gasteiger partial charge >= 0.3 is 12.3 Å². The van der Waals surface area contributed by atoms with E-state index in [-0.39, 0.29) is 17.8 Å². The number of ether oxygens (including phenoxy) is 2. The molecule has 9 heteroatoms. The van der Waals surface area contributed by atoms with Crippen LogP contribution < -0.4 is 10.5 Å². The molecule has 1 aromatic heterocycles. The fourth-order valence-corrected chi connectivity index (χ4v) is 1.99. The van der Waals surface area contributed by atoms with Gasteiger partial charge in [0.15, 0.2) is 5.75 Å². The number of hydrogen-bond acceptors (Lipinski definition) is 5. The molecule has 0 bridgehead atoms. The van der Waals surface area contributed by atoms with Gasteiger partial charge in [0.25, 0.3) is 0 Å². The second-order valence-electron chi connectivity index (χ2n) is 3.38. The molecule has 0 spiro atoms. The molecule has 1 heterocycles. The van der Waals surface area contributed by atoms with Crippen molar-refractivity contribution in [1.29, 1.82) is 0 Å². The minimum Gasteiger partial charge on any atom is -0.469 e. The zero-order valence-electron chi connectivity index (χ0n) is 9.75. The van der Waals surface area contributed by atoms with Crippen molar-refractivity contribution in [3.8, 4) is 5.75 Å². The first-order valence-electron chi connectivity index (χ1n) is 4.97. The quantitative estimate of drug-likeness (QED) is 0.482. The van der Waals surface area contributed by atoms with Crippen LogP contribution in [-0.4, -0.2) is 24.4 Å². The highest BCUT2D eigenvalue weighted by Crippen LogP contribution is 2.30. The van der Waals surface area contributed by atoms with E-state index in [0.29, 0.717) is 3.70 Å². The molecule has 0 aliphatic carbocycles. The number of rotatable bonds is 4. The van der Waals surface area contributed by atoms with Gasteiger partial charge in [-0.3, -0.25) is 4.79 Å². The molecule has 0 fully saturated rings. The average Bonchev–Trinajstić information content (AvgIpc) is 2.30. The second kappa shape index (κ2) is 6.37. The van der Waals surface area contributed by atoms with Gasteiger partial charge in [0.1, 0.15) is 3.70 Å². The molecule has 19 heavy (non-hydrogen) atoms. The number of halogens is 4. The summed E-state index contributed by atoms with van der Waals surface area (Å²) in [5.74, 6) is -1.26. The summed E-state index contributed by atoms with van der Waals surface area (Å²) in [4.78, 5) is 15.0. The van der Waals surface area contributed by atoms with Crippen LogP contribution in [-0.2, 0) is 22.5 Å². The van der Waals surface area contributed by atoms with Crippen LogP contribution in [0.4, 0.5) is 13.2 Å². The van der Waals surface area contributed by atoms with E-state index in [1.807, 2.05) is 22.6 Å². The van der Waals surface area contributed by atoms with E-state index in [2.05, 4.69) is 14.5 Å². The van der Waals surface area contributed by atoms with E-state index in [1.54, 1.807) is 0 Å². The Labute approximate surface area is 120 Å². The van der Waals surface area contributed by atoms with Gasteiger partial charge in [-0.05, 0) is 28.7 Å². The molecule has 1 aromatic rings. The van der Waals surface area contributed by atoms with Crippen LogP contribution in [0, 0.1) is 3.70 Å². The van der Waals surface area contributed by atoms with Crippen molar-refractivity contribution in [1.82, 2.24) is 4.98 Å². The lowest BCUT2D eigenvalue weighted by Gasteiger charge is -2.16. The Morgan fingerprint density at radius 3 is 2.63 bits per heavy atom. The summed E-state index contributed by atoms with van der Waals surface area (Å²) >= 11 is 1.81. The lowest BCUT2D eigenvalue weighted by atomic mass is 10.1. The van der Waals surface area contributed by atoms with Gasteiger partial charge in [0.05, 0.1) is 19.2 Å². The van der Waals surface area contributed by atoms with E-state index in [1.165, 1.54) is 6.07 Å². The zero-order valence-corrected chi connectivity index (χ0v) is 11.9. The number of hydrogen-bond donors (Lipinski definition) is 1. The van der Waals surface area contributed by atoms with Crippen molar-refractivity contribution < 1.29 is 27.4 Å². The van der Waals surface area contributed by atoms with E-state index in [4.69, 9.17) is 5.73 Å². The SMILES string of the molecule is COC(=O)Cc1nc(I)cc(CN)c1OC(F)(F)F. The summed E-state index contributed by atoms with van der Waals surface area (Å²) in [5.41, 5.74) is 5.34. The van der Waals surface area contributed by atoms with Gasteiger partial charge in [-0.25, -0.2) is 4.98 Å². The van der Waals surface area contributed by atoms with Crippen molar-refractivity contribution in [3.05, 3.63) is 21.0 Å². The molecule has 0 saturated heterocycles. The highest BCUT2D eigenvalue weighted by Gasteiger charge is 2.34. The molecule has 2 N–H and O–H groups in total. The van der Waals surface area contributed by atoms with Gasteiger partial charge in [-0.15, -0.1) is 13.2 Å². The predicted octanol–water partition coefficient (Wildman–Crippen LogP) is 1.76. The third kappa shape index (κ3) is 4.82. The molecule has 0 atom stereocenters. The van der Waals surface area contributed by atoms with Gasteiger partial charge in [-0.2, -0.15) is 0 Å². The molecule has 0 aliphatic heterocycles. The number of aromatic nitrogens is 1. The normalized spacial score (nSPS) is 11.3. The Bertz CT molecular complexity index is 480. The molecule has 0 amide bonds. The molecule has 0 radical (unpaired) electrons. The van der Waals surface area contributed by atoms with E-state index < -0.39 is 24.5 Å². The Hall–Kier alpha value is -1.10. The maximum Gasteiger partial charge on any atom is 0.573 e. The largest absolute Gasteiger partial charge is 0.573 e. The minimum absolute atomic E-state index is 0.121. The van der Waals surface area contributed by atoms with Crippen molar-refractivity contribution in [2.24, 2.45) is 5.73 Å². The Kier molecular flexibility index (Phi) is 5.35. The molecule has 1 rings (SSSR count). The highest BCUT2D eigenvalue weighted by atomic mass is 127. The summed E-state index contributed by atoms with van der Waals surface area (Å²) < 4.78 is 45.8. The fraction of sp³-hybridized carbons (Fsp3) is 0.400.